The number of hydrogen-bond acceptors (Lipinski definition) is 7. The van der Waals surface area contributed by atoms with Crippen molar-refractivity contribution in [1.82, 2.24) is 4.31 Å². The molecule has 0 aliphatic carbocycles. The lowest BCUT2D eigenvalue weighted by atomic mass is 10.3. The minimum Gasteiger partial charge on any atom is -0.468 e. The molecule has 1 aliphatic heterocycles. The Morgan fingerprint density at radius 1 is 1.41 bits per heavy atom. The highest BCUT2D eigenvalue weighted by Crippen LogP contribution is 2.26. The fourth-order valence-electron chi connectivity index (χ4n) is 2.01. The molecule has 0 unspecified atom stereocenters. The molecule has 1 atom stereocenters. The van der Waals surface area contributed by atoms with Crippen LogP contribution in [-0.2, 0) is 19.6 Å². The van der Waals surface area contributed by atoms with Gasteiger partial charge in [0.2, 0.25) is 10.0 Å². The summed E-state index contributed by atoms with van der Waals surface area (Å²) in [4.78, 5) is 21.5. The number of non-ortho nitro benzene ring substituents is 1. The molecule has 22 heavy (non-hydrogen) atoms. The number of ether oxygens (including phenoxy) is 1. The summed E-state index contributed by atoms with van der Waals surface area (Å²) in [7, 11) is -2.53. The maximum absolute atomic E-state index is 12.5. The van der Waals surface area contributed by atoms with Gasteiger partial charge in [-0.3, -0.25) is 14.9 Å². The molecule has 0 aromatic heterocycles. The highest BCUT2D eigenvalue weighted by atomic mass is 32.2. The average Bonchev–Trinajstić information content (AvgIpc) is 2.54. The van der Waals surface area contributed by atoms with E-state index in [1.165, 1.54) is 35.3 Å². The summed E-state index contributed by atoms with van der Waals surface area (Å²) >= 11 is 1.35. The molecule has 1 aromatic carbocycles. The molecule has 1 fully saturated rings. The van der Waals surface area contributed by atoms with Crippen molar-refractivity contribution >= 4 is 33.4 Å². The minimum absolute atomic E-state index is 0.0245. The molecule has 0 bridgehead atoms. The van der Waals surface area contributed by atoms with E-state index in [4.69, 9.17) is 0 Å². The molecular weight excluding hydrogens is 332 g/mol. The first-order valence-electron chi connectivity index (χ1n) is 6.30. The Kier molecular flexibility index (Phi) is 5.04. The summed E-state index contributed by atoms with van der Waals surface area (Å²) in [6, 6.07) is 4.68. The number of nitro benzene ring substituents is 1. The minimum atomic E-state index is -3.79. The van der Waals surface area contributed by atoms with Gasteiger partial charge in [-0.1, -0.05) is 0 Å². The molecule has 8 nitrogen and oxygen atoms in total. The van der Waals surface area contributed by atoms with Gasteiger partial charge in [0, 0.05) is 31.0 Å². The van der Waals surface area contributed by atoms with Crippen molar-refractivity contribution in [3.05, 3.63) is 34.4 Å². The van der Waals surface area contributed by atoms with Crippen LogP contribution >= 0.6 is 11.8 Å². The van der Waals surface area contributed by atoms with E-state index in [1.54, 1.807) is 0 Å². The number of methoxy groups -OCH3 is 1. The van der Waals surface area contributed by atoms with Gasteiger partial charge in [0.15, 0.2) is 0 Å². The zero-order chi connectivity index (χ0) is 16.3. The second kappa shape index (κ2) is 6.63. The number of sulfonamides is 1. The molecule has 2 rings (SSSR count). The Morgan fingerprint density at radius 3 is 2.59 bits per heavy atom. The number of rotatable bonds is 4. The highest BCUT2D eigenvalue weighted by molar-refractivity contribution is 8.00. The Hall–Kier alpha value is -1.65. The topological polar surface area (TPSA) is 107 Å². The summed E-state index contributed by atoms with van der Waals surface area (Å²) in [5, 5.41) is 10.0. The van der Waals surface area contributed by atoms with Gasteiger partial charge in [-0.25, -0.2) is 8.42 Å². The third kappa shape index (κ3) is 3.39. The Balaban J connectivity index is 2.22. The molecule has 0 spiro atoms. The van der Waals surface area contributed by atoms with E-state index in [9.17, 15) is 23.3 Å². The van der Waals surface area contributed by atoms with Gasteiger partial charge in [-0.15, -0.1) is 11.8 Å². The number of nitrogens with zero attached hydrogens (tertiary/aromatic N) is 2. The Labute approximate surface area is 131 Å². The van der Waals surface area contributed by atoms with Crippen LogP contribution in [0.5, 0.6) is 0 Å². The lowest BCUT2D eigenvalue weighted by molar-refractivity contribution is -0.384. The fourth-order valence-corrected chi connectivity index (χ4v) is 4.80. The van der Waals surface area contributed by atoms with E-state index < -0.39 is 26.2 Å². The highest BCUT2D eigenvalue weighted by Gasteiger charge is 2.34. The third-order valence-corrected chi connectivity index (χ3v) is 6.22. The monoisotopic (exact) mass is 346 g/mol. The number of nitro groups is 1. The molecule has 0 amide bonds. The number of esters is 1. The molecule has 120 valence electrons. The predicted octanol–water partition coefficient (Wildman–Crippen LogP) is 0.874. The molecule has 1 heterocycles. The smallest absolute Gasteiger partial charge is 0.320 e. The van der Waals surface area contributed by atoms with E-state index >= 15 is 0 Å². The van der Waals surface area contributed by atoms with Crippen molar-refractivity contribution in [2.75, 3.05) is 26.0 Å². The average molecular weight is 346 g/mol. The van der Waals surface area contributed by atoms with Crippen LogP contribution in [0.3, 0.4) is 0 Å². The van der Waals surface area contributed by atoms with Crippen molar-refractivity contribution in [1.29, 1.82) is 0 Å². The van der Waals surface area contributed by atoms with Crippen molar-refractivity contribution in [3.63, 3.8) is 0 Å². The van der Waals surface area contributed by atoms with Gasteiger partial charge in [0.05, 0.1) is 16.9 Å². The van der Waals surface area contributed by atoms with Crippen molar-refractivity contribution in [2.45, 2.75) is 10.1 Å². The molecule has 1 aromatic rings. The standard InChI is InChI=1S/C12H14N2O6S2/c1-20-12(15)11-8-13(6-7-21-11)22(18,19)10-4-2-9(3-5-10)14(16)17/h2-5,11H,6-8H2,1H3/t11-/m1/s1. The largest absolute Gasteiger partial charge is 0.468 e. The van der Waals surface area contributed by atoms with Gasteiger partial charge >= 0.3 is 5.97 Å². The summed E-state index contributed by atoms with van der Waals surface area (Å²) in [6.07, 6.45) is 0. The number of thioether (sulfide) groups is 1. The normalized spacial score (nSPS) is 19.6. The zero-order valence-electron chi connectivity index (χ0n) is 11.7. The van der Waals surface area contributed by atoms with Crippen LogP contribution in [0.1, 0.15) is 0 Å². The first-order chi connectivity index (χ1) is 10.4. The third-order valence-electron chi connectivity index (χ3n) is 3.18. The zero-order valence-corrected chi connectivity index (χ0v) is 13.3. The maximum atomic E-state index is 12.5. The van der Waals surface area contributed by atoms with Gasteiger partial charge in [0.25, 0.3) is 5.69 Å². The molecule has 1 aliphatic rings. The van der Waals surface area contributed by atoms with Crippen LogP contribution in [0.2, 0.25) is 0 Å². The van der Waals surface area contributed by atoms with E-state index in [0.29, 0.717) is 5.75 Å². The lowest BCUT2D eigenvalue weighted by Crippen LogP contribution is -2.44. The SMILES string of the molecule is COC(=O)[C@H]1CN(S(=O)(=O)c2ccc([N+](=O)[O-])cc2)CCS1. The Morgan fingerprint density at radius 2 is 2.05 bits per heavy atom. The summed E-state index contributed by atoms with van der Waals surface area (Å²) in [5.41, 5.74) is -0.180. The first-order valence-corrected chi connectivity index (χ1v) is 8.79. The van der Waals surface area contributed by atoms with Crippen molar-refractivity contribution in [2.24, 2.45) is 0 Å². The van der Waals surface area contributed by atoms with Gasteiger partial charge < -0.3 is 4.74 Å². The number of carbonyl (C=O) groups is 1. The number of hydrogen-bond donors (Lipinski definition) is 0. The molecule has 0 saturated carbocycles. The van der Waals surface area contributed by atoms with Crippen LogP contribution in [0.4, 0.5) is 5.69 Å². The number of benzene rings is 1. The van der Waals surface area contributed by atoms with Crippen LogP contribution in [0, 0.1) is 10.1 Å². The summed E-state index contributed by atoms with van der Waals surface area (Å²) < 4.78 is 30.9. The van der Waals surface area contributed by atoms with Crippen LogP contribution in [-0.4, -0.2) is 54.8 Å². The molecular formula is C12H14N2O6S2. The molecule has 1 saturated heterocycles. The van der Waals surface area contributed by atoms with Gasteiger partial charge in [-0.05, 0) is 12.1 Å². The summed E-state index contributed by atoms with van der Waals surface area (Å²) in [5.74, 6) is 0.0139. The van der Waals surface area contributed by atoms with E-state index in [-0.39, 0.29) is 23.7 Å². The maximum Gasteiger partial charge on any atom is 0.320 e. The second-order valence-electron chi connectivity index (χ2n) is 4.50. The quantitative estimate of drug-likeness (QED) is 0.452. The van der Waals surface area contributed by atoms with Gasteiger partial charge in [-0.2, -0.15) is 4.31 Å². The fraction of sp³-hybridized carbons (Fsp3) is 0.417. The molecule has 10 heteroatoms. The second-order valence-corrected chi connectivity index (χ2v) is 7.75. The number of carbonyl (C=O) groups excluding carboxylic acids is 1. The van der Waals surface area contributed by atoms with Crippen LogP contribution in [0.15, 0.2) is 29.2 Å². The van der Waals surface area contributed by atoms with E-state index in [2.05, 4.69) is 4.74 Å². The first kappa shape index (κ1) is 16.7. The van der Waals surface area contributed by atoms with Gasteiger partial charge in [0.1, 0.15) is 5.25 Å². The van der Waals surface area contributed by atoms with Crippen molar-refractivity contribution < 1.29 is 22.9 Å². The van der Waals surface area contributed by atoms with Crippen LogP contribution in [0.25, 0.3) is 0 Å². The van der Waals surface area contributed by atoms with E-state index in [0.717, 1.165) is 12.1 Å². The van der Waals surface area contributed by atoms with Crippen molar-refractivity contribution in [3.8, 4) is 0 Å². The summed E-state index contributed by atoms with van der Waals surface area (Å²) in [6.45, 7) is 0.300. The predicted molar refractivity (Wildman–Crippen MR) is 80.1 cm³/mol. The van der Waals surface area contributed by atoms with Crippen LogP contribution < -0.4 is 0 Å². The van der Waals surface area contributed by atoms with E-state index in [1.807, 2.05) is 0 Å². The Bertz CT molecular complexity index is 673. The molecule has 0 N–H and O–H groups in total. The molecule has 0 radical (unpaired) electrons. The lowest BCUT2D eigenvalue weighted by Gasteiger charge is -2.30.